The van der Waals surface area contributed by atoms with E-state index in [1.807, 2.05) is 24.3 Å². The molecule has 8 heteroatoms. The van der Waals surface area contributed by atoms with Crippen LogP contribution in [0.4, 0.5) is 0 Å². The molecule has 0 unspecified atom stereocenters. The molecule has 6 saturated carbocycles. The molecule has 0 bridgehead atoms. The zero-order valence-electron chi connectivity index (χ0n) is 33.9. The SMILES string of the molecule is O=C(COc1ccc(OCC(=O)[O][Sn]([CH]2CCCCC2)([CH]2CCCCC2)[CH]2CCCCC2)cc1)[O][Sn]([CH]1CCCCC1)([CH]1CCCCC1)[CH]1CCCCC1. The van der Waals surface area contributed by atoms with Crippen LogP contribution >= 0.6 is 0 Å². The molecule has 6 aliphatic rings. The monoisotopic (exact) mass is 962 g/mol. The Morgan fingerprint density at radius 3 is 0.778 bits per heavy atom. The third-order valence-corrected chi connectivity index (χ3v) is 50.6. The molecule has 7 rings (SSSR count). The molecule has 0 radical (unpaired) electrons. The van der Waals surface area contributed by atoms with Gasteiger partial charge in [0.25, 0.3) is 0 Å². The minimum absolute atomic E-state index is 0.0179. The summed E-state index contributed by atoms with van der Waals surface area (Å²) in [5.41, 5.74) is 0. The van der Waals surface area contributed by atoms with Gasteiger partial charge in [-0.3, -0.25) is 0 Å². The van der Waals surface area contributed by atoms with Crippen molar-refractivity contribution < 1.29 is 25.2 Å². The van der Waals surface area contributed by atoms with Crippen molar-refractivity contribution in [2.75, 3.05) is 13.2 Å². The summed E-state index contributed by atoms with van der Waals surface area (Å²) in [7, 11) is 0. The van der Waals surface area contributed by atoms with Crippen molar-refractivity contribution in [1.29, 1.82) is 0 Å². The molecule has 6 nitrogen and oxygen atoms in total. The molecule has 0 aliphatic heterocycles. The fourth-order valence-electron chi connectivity index (χ4n) is 13.2. The molecule has 0 aromatic heterocycles. The Hall–Kier alpha value is -0.643. The second-order valence-electron chi connectivity index (χ2n) is 18.7. The van der Waals surface area contributed by atoms with Crippen LogP contribution in [0.1, 0.15) is 193 Å². The molecule has 0 amide bonds. The predicted octanol–water partition coefficient (Wildman–Crippen LogP) is 13.4. The molecule has 0 spiro atoms. The number of carbonyl (C=O) groups is 2. The fraction of sp³-hybridized carbons (Fsp3) is 0.826. The summed E-state index contributed by atoms with van der Waals surface area (Å²) in [4.78, 5) is 27.8. The van der Waals surface area contributed by atoms with E-state index < -0.39 is 37.6 Å². The summed E-state index contributed by atoms with van der Waals surface area (Å²) >= 11 is -6.81. The van der Waals surface area contributed by atoms with Gasteiger partial charge in [0.15, 0.2) is 0 Å². The van der Waals surface area contributed by atoms with Crippen molar-refractivity contribution in [3.05, 3.63) is 24.3 Å². The van der Waals surface area contributed by atoms with Crippen LogP contribution < -0.4 is 9.47 Å². The zero-order valence-corrected chi connectivity index (χ0v) is 39.6. The van der Waals surface area contributed by atoms with Crippen molar-refractivity contribution >= 4 is 49.5 Å². The quantitative estimate of drug-likeness (QED) is 0.173. The van der Waals surface area contributed by atoms with Crippen LogP contribution in [0.15, 0.2) is 24.3 Å². The maximum absolute atomic E-state index is 13.9. The molecular formula is C46H74O6Sn2. The van der Waals surface area contributed by atoms with Crippen LogP contribution in [0.25, 0.3) is 0 Å². The minimum atomic E-state index is -3.41. The fourth-order valence-corrected chi connectivity index (χ4v) is 52.5. The summed E-state index contributed by atoms with van der Waals surface area (Å²) < 4.78 is 30.6. The topological polar surface area (TPSA) is 71.1 Å². The van der Waals surface area contributed by atoms with Crippen LogP contribution in [0.5, 0.6) is 11.5 Å². The van der Waals surface area contributed by atoms with Crippen molar-refractivity contribution in [2.45, 2.75) is 216 Å². The first kappa shape index (κ1) is 41.5. The average molecular weight is 961 g/mol. The third-order valence-electron chi connectivity index (χ3n) is 15.6. The van der Waals surface area contributed by atoms with E-state index >= 15 is 0 Å². The number of ether oxygens (including phenoxy) is 2. The zero-order chi connectivity index (χ0) is 37.1. The predicted molar refractivity (Wildman–Crippen MR) is 222 cm³/mol. The Labute approximate surface area is 337 Å². The van der Waals surface area contributed by atoms with Gasteiger partial charge >= 0.3 is 340 Å². The molecule has 6 fully saturated rings. The summed E-state index contributed by atoms with van der Waals surface area (Å²) in [6.07, 6.45) is 39.3. The Kier molecular flexibility index (Phi) is 16.0. The van der Waals surface area contributed by atoms with Gasteiger partial charge < -0.3 is 0 Å². The second-order valence-corrected chi connectivity index (χ2v) is 43.6. The molecule has 0 atom stereocenters. The first-order chi connectivity index (χ1) is 26.6. The van der Waals surface area contributed by atoms with Crippen LogP contribution in [-0.4, -0.2) is 62.7 Å². The third kappa shape index (κ3) is 10.1. The molecule has 1 aromatic rings. The summed E-state index contributed by atoms with van der Waals surface area (Å²) in [5.74, 6) is 1.08. The van der Waals surface area contributed by atoms with Crippen LogP contribution in [0.2, 0.25) is 23.6 Å². The second kappa shape index (κ2) is 20.9. The van der Waals surface area contributed by atoms with E-state index in [2.05, 4.69) is 0 Å². The van der Waals surface area contributed by atoms with Gasteiger partial charge in [-0.15, -0.1) is 0 Å². The van der Waals surface area contributed by atoms with Gasteiger partial charge in [-0.2, -0.15) is 0 Å². The number of benzene rings is 1. The van der Waals surface area contributed by atoms with E-state index in [1.165, 1.54) is 193 Å². The molecule has 1 aromatic carbocycles. The van der Waals surface area contributed by atoms with Gasteiger partial charge in [0.1, 0.15) is 0 Å². The van der Waals surface area contributed by atoms with Gasteiger partial charge in [-0.05, 0) is 0 Å². The number of rotatable bonds is 14. The molecule has 302 valence electrons. The van der Waals surface area contributed by atoms with E-state index in [0.717, 1.165) is 0 Å². The summed E-state index contributed by atoms with van der Waals surface area (Å²) in [5, 5.41) is 0. The molecule has 0 heterocycles. The summed E-state index contributed by atoms with van der Waals surface area (Å²) in [6, 6.07) is 7.51. The van der Waals surface area contributed by atoms with Crippen LogP contribution in [0.3, 0.4) is 0 Å². The molecule has 54 heavy (non-hydrogen) atoms. The number of hydrogen-bond acceptors (Lipinski definition) is 6. The standard InChI is InChI=1S/C10H10O6.6C6H11.2Sn/c11-9(12)5-15-7-1-2-8(4-3-7)16-6-10(13)14;6*1-2-4-6-5-3-1;;/h1-4H,5-6H2,(H,11,12)(H,13,14);6*1H,2-6H2;;/q;;;;;;;2*+1/p-2. The molecular weight excluding hydrogens is 886 g/mol. The van der Waals surface area contributed by atoms with Gasteiger partial charge in [0.2, 0.25) is 0 Å². The van der Waals surface area contributed by atoms with Crippen molar-refractivity contribution in [3.8, 4) is 11.5 Å². The Morgan fingerprint density at radius 1 is 0.370 bits per heavy atom. The summed E-state index contributed by atoms with van der Waals surface area (Å²) in [6.45, 7) is -0.0358. The van der Waals surface area contributed by atoms with E-state index in [9.17, 15) is 9.59 Å². The van der Waals surface area contributed by atoms with E-state index in [0.29, 0.717) is 35.1 Å². The van der Waals surface area contributed by atoms with Gasteiger partial charge in [-0.25, -0.2) is 0 Å². The normalized spacial score (nSPS) is 24.1. The van der Waals surface area contributed by atoms with E-state index in [4.69, 9.17) is 15.6 Å². The van der Waals surface area contributed by atoms with Crippen LogP contribution in [-0.2, 0) is 15.7 Å². The molecule has 0 N–H and O–H groups in total. The Balaban J connectivity index is 0.976. The number of carbonyl (C=O) groups excluding carboxylic acids is 2. The van der Waals surface area contributed by atoms with Gasteiger partial charge in [0, 0.05) is 0 Å². The Bertz CT molecular complexity index is 1090. The van der Waals surface area contributed by atoms with E-state index in [1.54, 1.807) is 0 Å². The van der Waals surface area contributed by atoms with Crippen LogP contribution in [0, 0.1) is 0 Å². The van der Waals surface area contributed by atoms with Crippen molar-refractivity contribution in [2.24, 2.45) is 0 Å². The van der Waals surface area contributed by atoms with E-state index in [-0.39, 0.29) is 25.2 Å². The van der Waals surface area contributed by atoms with Crippen molar-refractivity contribution in [3.63, 3.8) is 0 Å². The van der Waals surface area contributed by atoms with Gasteiger partial charge in [0.05, 0.1) is 0 Å². The molecule has 0 saturated heterocycles. The molecule has 6 aliphatic carbocycles. The van der Waals surface area contributed by atoms with Gasteiger partial charge in [-0.1, -0.05) is 0 Å². The maximum atomic E-state index is 13.9. The first-order valence-corrected chi connectivity index (χ1v) is 35.6. The average Bonchev–Trinajstić information content (AvgIpc) is 3.25. The number of hydrogen-bond donors (Lipinski definition) is 0. The van der Waals surface area contributed by atoms with Crippen molar-refractivity contribution in [1.82, 2.24) is 0 Å². The Morgan fingerprint density at radius 2 is 0.574 bits per heavy atom. The first-order valence-electron chi connectivity index (χ1n) is 23.4.